The number of nitrogens with two attached hydrogens (primary N) is 1. The van der Waals surface area contributed by atoms with Crippen molar-refractivity contribution < 1.29 is 13.2 Å². The van der Waals surface area contributed by atoms with Crippen molar-refractivity contribution >= 4 is 0 Å². The second kappa shape index (κ2) is 3.96. The molecule has 1 rings (SSSR count). The molecule has 0 radical (unpaired) electrons. The first-order valence-corrected chi connectivity index (χ1v) is 5.44. The monoisotopic (exact) mass is 223 g/mol. The molecule has 0 bridgehead atoms. The lowest BCUT2D eigenvalue weighted by Gasteiger charge is -2.43. The van der Waals surface area contributed by atoms with E-state index in [0.717, 1.165) is 0 Å². The summed E-state index contributed by atoms with van der Waals surface area (Å²) in [6.07, 6.45) is -2.89. The number of halogens is 3. The lowest BCUT2D eigenvalue weighted by Crippen LogP contribution is -2.45. The van der Waals surface area contributed by atoms with Crippen molar-refractivity contribution in [2.45, 2.75) is 52.3 Å². The summed E-state index contributed by atoms with van der Waals surface area (Å²) in [6, 6.07) is -0.0622. The summed E-state index contributed by atoms with van der Waals surface area (Å²) in [6.45, 7) is 5.61. The molecule has 0 aliphatic heterocycles. The zero-order valence-electron chi connectivity index (χ0n) is 9.56. The third-order valence-corrected chi connectivity index (χ3v) is 3.42. The zero-order valence-corrected chi connectivity index (χ0v) is 9.56. The van der Waals surface area contributed by atoms with Crippen LogP contribution in [0, 0.1) is 17.3 Å². The van der Waals surface area contributed by atoms with Gasteiger partial charge in [0.2, 0.25) is 0 Å². The van der Waals surface area contributed by atoms with E-state index in [0.29, 0.717) is 12.8 Å². The molecule has 4 heteroatoms. The normalized spacial score (nSPS) is 34.2. The molecule has 1 saturated carbocycles. The fourth-order valence-corrected chi connectivity index (χ4v) is 2.55. The molecule has 0 saturated heterocycles. The maximum atomic E-state index is 12.8. The summed E-state index contributed by atoms with van der Waals surface area (Å²) in [5, 5.41) is 0. The predicted molar refractivity (Wildman–Crippen MR) is 54.3 cm³/mol. The molecule has 0 aromatic heterocycles. The minimum absolute atomic E-state index is 0.0622. The first-order chi connectivity index (χ1) is 6.62. The van der Waals surface area contributed by atoms with Gasteiger partial charge in [0.1, 0.15) is 0 Å². The van der Waals surface area contributed by atoms with Crippen molar-refractivity contribution in [2.75, 3.05) is 0 Å². The van der Waals surface area contributed by atoms with Crippen LogP contribution in [0.3, 0.4) is 0 Å². The second-order valence-electron chi connectivity index (χ2n) is 5.69. The van der Waals surface area contributed by atoms with Crippen LogP contribution in [-0.2, 0) is 0 Å². The van der Waals surface area contributed by atoms with Crippen LogP contribution in [-0.4, -0.2) is 12.2 Å². The first kappa shape index (κ1) is 12.8. The largest absolute Gasteiger partial charge is 0.392 e. The topological polar surface area (TPSA) is 26.0 Å². The van der Waals surface area contributed by atoms with Gasteiger partial charge in [0.15, 0.2) is 0 Å². The highest BCUT2D eigenvalue weighted by Gasteiger charge is 2.50. The Labute approximate surface area is 89.2 Å². The predicted octanol–water partition coefficient (Wildman–Crippen LogP) is 3.34. The minimum Gasteiger partial charge on any atom is -0.328 e. The summed E-state index contributed by atoms with van der Waals surface area (Å²) in [4.78, 5) is 0. The zero-order chi connectivity index (χ0) is 11.9. The van der Waals surface area contributed by atoms with Crippen molar-refractivity contribution in [3.05, 3.63) is 0 Å². The lowest BCUT2D eigenvalue weighted by molar-refractivity contribution is -0.207. The van der Waals surface area contributed by atoms with Crippen LogP contribution in [0.5, 0.6) is 0 Å². The Morgan fingerprint density at radius 1 is 1.00 bits per heavy atom. The van der Waals surface area contributed by atoms with Crippen molar-refractivity contribution in [3.8, 4) is 0 Å². The van der Waals surface area contributed by atoms with E-state index in [1.807, 2.05) is 20.8 Å². The molecule has 3 atom stereocenters. The number of hydrogen-bond acceptors (Lipinski definition) is 1. The molecule has 0 amide bonds. The molecule has 15 heavy (non-hydrogen) atoms. The van der Waals surface area contributed by atoms with Gasteiger partial charge in [-0.3, -0.25) is 0 Å². The maximum Gasteiger partial charge on any atom is 0.392 e. The van der Waals surface area contributed by atoms with E-state index in [-0.39, 0.29) is 23.8 Å². The molecule has 3 unspecified atom stereocenters. The number of alkyl halides is 3. The van der Waals surface area contributed by atoms with E-state index in [2.05, 4.69) is 0 Å². The SMILES string of the molecule is CC(C)(C)C1CC(N)CCC1C(F)(F)F. The molecule has 0 aromatic rings. The van der Waals surface area contributed by atoms with Gasteiger partial charge in [0, 0.05) is 6.04 Å². The van der Waals surface area contributed by atoms with Gasteiger partial charge in [-0.25, -0.2) is 0 Å². The highest BCUT2D eigenvalue weighted by atomic mass is 19.4. The summed E-state index contributed by atoms with van der Waals surface area (Å²) < 4.78 is 38.4. The van der Waals surface area contributed by atoms with Gasteiger partial charge in [-0.05, 0) is 30.6 Å². The van der Waals surface area contributed by atoms with Crippen LogP contribution >= 0.6 is 0 Å². The van der Waals surface area contributed by atoms with Crippen LogP contribution < -0.4 is 5.73 Å². The Morgan fingerprint density at radius 2 is 1.53 bits per heavy atom. The standard InChI is InChI=1S/C11H20F3N/c1-10(2,3)9-6-7(15)4-5-8(9)11(12,13)14/h7-9H,4-6,15H2,1-3H3. The van der Waals surface area contributed by atoms with E-state index < -0.39 is 12.1 Å². The Kier molecular flexibility index (Phi) is 3.39. The summed E-state index contributed by atoms with van der Waals surface area (Å²) in [5.74, 6) is -1.52. The molecular formula is C11H20F3N. The van der Waals surface area contributed by atoms with Gasteiger partial charge in [0.05, 0.1) is 5.92 Å². The Morgan fingerprint density at radius 3 is 1.93 bits per heavy atom. The van der Waals surface area contributed by atoms with Gasteiger partial charge < -0.3 is 5.73 Å². The van der Waals surface area contributed by atoms with E-state index >= 15 is 0 Å². The molecule has 2 N–H and O–H groups in total. The number of hydrogen-bond donors (Lipinski definition) is 1. The maximum absolute atomic E-state index is 12.8. The van der Waals surface area contributed by atoms with Crippen LogP contribution in [0.2, 0.25) is 0 Å². The summed E-state index contributed by atoms with van der Waals surface area (Å²) >= 11 is 0. The van der Waals surface area contributed by atoms with Crippen molar-refractivity contribution in [1.29, 1.82) is 0 Å². The van der Waals surface area contributed by atoms with Crippen LogP contribution in [0.1, 0.15) is 40.0 Å². The van der Waals surface area contributed by atoms with E-state index in [9.17, 15) is 13.2 Å². The Hall–Kier alpha value is -0.250. The van der Waals surface area contributed by atoms with E-state index in [4.69, 9.17) is 5.73 Å². The molecule has 0 heterocycles. The summed E-state index contributed by atoms with van der Waals surface area (Å²) in [7, 11) is 0. The third-order valence-electron chi connectivity index (χ3n) is 3.42. The molecule has 90 valence electrons. The summed E-state index contributed by atoms with van der Waals surface area (Å²) in [5.41, 5.74) is 5.44. The van der Waals surface area contributed by atoms with Crippen LogP contribution in [0.4, 0.5) is 13.2 Å². The molecule has 1 aliphatic carbocycles. The first-order valence-electron chi connectivity index (χ1n) is 5.44. The third kappa shape index (κ3) is 3.10. The molecule has 1 nitrogen and oxygen atoms in total. The average Bonchev–Trinajstić information content (AvgIpc) is 2.00. The van der Waals surface area contributed by atoms with E-state index in [1.165, 1.54) is 0 Å². The van der Waals surface area contributed by atoms with E-state index in [1.54, 1.807) is 0 Å². The smallest absolute Gasteiger partial charge is 0.328 e. The molecule has 0 aromatic carbocycles. The van der Waals surface area contributed by atoms with Crippen molar-refractivity contribution in [3.63, 3.8) is 0 Å². The fourth-order valence-electron chi connectivity index (χ4n) is 2.55. The second-order valence-corrected chi connectivity index (χ2v) is 5.69. The van der Waals surface area contributed by atoms with Gasteiger partial charge in [-0.15, -0.1) is 0 Å². The minimum atomic E-state index is -4.07. The Balaban J connectivity index is 2.85. The number of rotatable bonds is 0. The highest BCUT2D eigenvalue weighted by Crippen LogP contribution is 2.48. The molecule has 1 aliphatic rings. The highest BCUT2D eigenvalue weighted by molar-refractivity contribution is 4.91. The Bertz CT molecular complexity index is 217. The van der Waals surface area contributed by atoms with Crippen molar-refractivity contribution in [1.82, 2.24) is 0 Å². The fraction of sp³-hybridized carbons (Fsp3) is 1.00. The van der Waals surface area contributed by atoms with Crippen LogP contribution in [0.15, 0.2) is 0 Å². The lowest BCUT2D eigenvalue weighted by atomic mass is 9.65. The van der Waals surface area contributed by atoms with Gasteiger partial charge >= 0.3 is 6.18 Å². The van der Waals surface area contributed by atoms with Crippen LogP contribution in [0.25, 0.3) is 0 Å². The van der Waals surface area contributed by atoms with Gasteiger partial charge in [-0.1, -0.05) is 20.8 Å². The molecular weight excluding hydrogens is 203 g/mol. The molecule has 1 fully saturated rings. The average molecular weight is 223 g/mol. The van der Waals surface area contributed by atoms with Crippen molar-refractivity contribution in [2.24, 2.45) is 23.0 Å². The quantitative estimate of drug-likeness (QED) is 0.669. The molecule has 0 spiro atoms. The van der Waals surface area contributed by atoms with Gasteiger partial charge in [-0.2, -0.15) is 13.2 Å². The van der Waals surface area contributed by atoms with Gasteiger partial charge in [0.25, 0.3) is 0 Å².